The van der Waals surface area contributed by atoms with Crippen LogP contribution in [0.25, 0.3) is 10.9 Å². The average molecular weight is 421 g/mol. The van der Waals surface area contributed by atoms with Crippen LogP contribution in [-0.4, -0.2) is 39.6 Å². The molecule has 0 saturated carbocycles. The number of nitrogens with zero attached hydrogens (tertiary/aromatic N) is 2. The molecule has 1 aliphatic heterocycles. The van der Waals surface area contributed by atoms with E-state index >= 15 is 0 Å². The number of H-pyrrole nitrogens is 1. The van der Waals surface area contributed by atoms with Crippen molar-refractivity contribution in [2.45, 2.75) is 46.4 Å². The van der Waals surface area contributed by atoms with Crippen LogP contribution < -0.4 is 11.2 Å². The Labute approximate surface area is 180 Å². The minimum Gasteiger partial charge on any atom is -0.370 e. The number of nitrogens with one attached hydrogen (secondary N) is 1. The number of aromatic nitrogens is 2. The zero-order valence-corrected chi connectivity index (χ0v) is 18.3. The summed E-state index contributed by atoms with van der Waals surface area (Å²) in [6, 6.07) is 11.0. The summed E-state index contributed by atoms with van der Waals surface area (Å²) in [5.74, 6) is -0.145. The quantitative estimate of drug-likeness (QED) is 0.705. The fourth-order valence-electron chi connectivity index (χ4n) is 4.18. The summed E-state index contributed by atoms with van der Waals surface area (Å²) in [5.41, 5.74) is 3.36. The molecule has 0 radical (unpaired) electrons. The summed E-state index contributed by atoms with van der Waals surface area (Å²) in [5, 5.41) is 0.390. The van der Waals surface area contributed by atoms with E-state index in [2.05, 4.69) is 23.2 Å². The van der Waals surface area contributed by atoms with Gasteiger partial charge in [0.1, 0.15) is 6.10 Å². The Bertz CT molecular complexity index is 1270. The van der Waals surface area contributed by atoms with Crippen molar-refractivity contribution in [3.8, 4) is 0 Å². The molecule has 1 aliphatic rings. The molecule has 7 nitrogen and oxygen atoms in total. The third-order valence-electron chi connectivity index (χ3n) is 6.02. The summed E-state index contributed by atoms with van der Waals surface area (Å²) in [7, 11) is 0. The molecular formula is C24H27N3O4. The van der Waals surface area contributed by atoms with Crippen molar-refractivity contribution in [1.29, 1.82) is 0 Å². The highest BCUT2D eigenvalue weighted by Crippen LogP contribution is 2.29. The van der Waals surface area contributed by atoms with Gasteiger partial charge in [0.05, 0.1) is 30.1 Å². The third kappa shape index (κ3) is 3.81. The normalized spacial score (nSPS) is 19.0. The Hall–Kier alpha value is -3.19. The van der Waals surface area contributed by atoms with Crippen LogP contribution in [0.4, 0.5) is 0 Å². The van der Waals surface area contributed by atoms with Crippen molar-refractivity contribution in [1.82, 2.24) is 14.5 Å². The summed E-state index contributed by atoms with van der Waals surface area (Å²) in [6.07, 6.45) is -0.197. The Balaban J connectivity index is 1.67. The number of ether oxygens (including phenoxy) is 1. The maximum Gasteiger partial charge on any atom is 0.328 e. The van der Waals surface area contributed by atoms with Crippen LogP contribution in [0, 0.1) is 13.8 Å². The maximum absolute atomic E-state index is 13.4. The first-order chi connectivity index (χ1) is 14.8. The van der Waals surface area contributed by atoms with Crippen LogP contribution in [0.5, 0.6) is 0 Å². The number of benzene rings is 2. The molecule has 4 rings (SSSR count). The van der Waals surface area contributed by atoms with Gasteiger partial charge < -0.3 is 14.6 Å². The molecule has 31 heavy (non-hydrogen) atoms. The van der Waals surface area contributed by atoms with Gasteiger partial charge in [-0.3, -0.25) is 14.2 Å². The standard InChI is InChI=1S/C24H27N3O4/c1-5-26-23(29)18-9-8-17(11-20(18)25-24(26)30)22(28)27-12-21(31-13-16(27)4)19-10-14(2)6-7-15(19)3/h6-11,16,21H,5,12-13H2,1-4H3,(H,25,30)/t16-,21-/m0/s1. The SMILES string of the molecule is CCn1c(=O)[nH]c2cc(C(=O)N3C[C@@H](c4cc(C)ccc4C)OC[C@@H]3C)ccc2c1=O. The van der Waals surface area contributed by atoms with Crippen molar-refractivity contribution in [3.05, 3.63) is 79.5 Å². The first kappa shape index (κ1) is 21.1. The number of rotatable bonds is 3. The minimum atomic E-state index is -0.473. The first-order valence-corrected chi connectivity index (χ1v) is 10.6. The summed E-state index contributed by atoms with van der Waals surface area (Å²) >= 11 is 0. The van der Waals surface area contributed by atoms with Crippen LogP contribution in [0.15, 0.2) is 46.0 Å². The monoisotopic (exact) mass is 421 g/mol. The molecule has 1 fully saturated rings. The summed E-state index contributed by atoms with van der Waals surface area (Å²) in [4.78, 5) is 42.6. The van der Waals surface area contributed by atoms with Crippen molar-refractivity contribution in [2.24, 2.45) is 0 Å². The lowest BCUT2D eigenvalue weighted by atomic mass is 9.98. The van der Waals surface area contributed by atoms with Gasteiger partial charge in [0.15, 0.2) is 0 Å². The molecule has 0 aliphatic carbocycles. The lowest BCUT2D eigenvalue weighted by Crippen LogP contribution is -2.48. The molecule has 162 valence electrons. The van der Waals surface area contributed by atoms with Gasteiger partial charge in [-0.2, -0.15) is 0 Å². The Morgan fingerprint density at radius 2 is 1.94 bits per heavy atom. The molecule has 0 unspecified atom stereocenters. The number of aromatic amines is 1. The highest BCUT2D eigenvalue weighted by Gasteiger charge is 2.32. The topological polar surface area (TPSA) is 84.4 Å². The number of aryl methyl sites for hydroxylation is 2. The van der Waals surface area contributed by atoms with E-state index in [1.54, 1.807) is 25.1 Å². The fourth-order valence-corrected chi connectivity index (χ4v) is 4.18. The zero-order chi connectivity index (χ0) is 22.3. The van der Waals surface area contributed by atoms with Gasteiger partial charge in [0, 0.05) is 12.1 Å². The van der Waals surface area contributed by atoms with E-state index in [0.29, 0.717) is 29.6 Å². The number of morpholine rings is 1. The molecule has 1 amide bonds. The number of hydrogen-bond donors (Lipinski definition) is 1. The Kier molecular flexibility index (Phi) is 5.54. The van der Waals surface area contributed by atoms with E-state index in [1.807, 2.05) is 25.7 Å². The molecule has 2 atom stereocenters. The van der Waals surface area contributed by atoms with E-state index in [1.165, 1.54) is 0 Å². The predicted molar refractivity (Wildman–Crippen MR) is 120 cm³/mol. The Morgan fingerprint density at radius 3 is 2.68 bits per heavy atom. The molecule has 2 aromatic carbocycles. The summed E-state index contributed by atoms with van der Waals surface area (Å²) < 4.78 is 7.21. The molecular weight excluding hydrogens is 394 g/mol. The van der Waals surface area contributed by atoms with Crippen molar-refractivity contribution in [2.75, 3.05) is 13.2 Å². The molecule has 1 N–H and O–H groups in total. The molecule has 2 heterocycles. The number of carbonyl (C=O) groups excluding carboxylic acids is 1. The zero-order valence-electron chi connectivity index (χ0n) is 18.3. The van der Waals surface area contributed by atoms with E-state index in [0.717, 1.165) is 21.3 Å². The van der Waals surface area contributed by atoms with Gasteiger partial charge in [0.2, 0.25) is 0 Å². The summed E-state index contributed by atoms with van der Waals surface area (Å²) in [6.45, 7) is 8.96. The molecule has 1 saturated heterocycles. The van der Waals surface area contributed by atoms with Gasteiger partial charge in [-0.15, -0.1) is 0 Å². The molecule has 7 heteroatoms. The maximum atomic E-state index is 13.4. The predicted octanol–water partition coefficient (Wildman–Crippen LogP) is 2.93. The van der Waals surface area contributed by atoms with Crippen LogP contribution in [-0.2, 0) is 11.3 Å². The number of fused-ring (bicyclic) bond motifs is 1. The van der Waals surface area contributed by atoms with E-state index in [-0.39, 0.29) is 30.2 Å². The molecule has 3 aromatic rings. The van der Waals surface area contributed by atoms with Gasteiger partial charge in [-0.05, 0) is 57.0 Å². The second kappa shape index (κ2) is 8.15. The van der Waals surface area contributed by atoms with Crippen molar-refractivity contribution in [3.63, 3.8) is 0 Å². The largest absolute Gasteiger partial charge is 0.370 e. The van der Waals surface area contributed by atoms with Gasteiger partial charge in [-0.1, -0.05) is 23.8 Å². The lowest BCUT2D eigenvalue weighted by molar-refractivity contribution is -0.0489. The fraction of sp³-hybridized carbons (Fsp3) is 0.375. The van der Waals surface area contributed by atoms with E-state index in [9.17, 15) is 14.4 Å². The lowest BCUT2D eigenvalue weighted by Gasteiger charge is -2.38. The van der Waals surface area contributed by atoms with Crippen LogP contribution in [0.2, 0.25) is 0 Å². The minimum absolute atomic E-state index is 0.0864. The average Bonchev–Trinajstić information content (AvgIpc) is 2.75. The number of amides is 1. The van der Waals surface area contributed by atoms with Crippen LogP contribution in [0.1, 0.15) is 47.0 Å². The smallest absolute Gasteiger partial charge is 0.328 e. The molecule has 1 aromatic heterocycles. The van der Waals surface area contributed by atoms with Crippen LogP contribution in [0.3, 0.4) is 0 Å². The van der Waals surface area contributed by atoms with Gasteiger partial charge >= 0.3 is 5.69 Å². The van der Waals surface area contributed by atoms with Gasteiger partial charge in [-0.25, -0.2) is 4.79 Å². The van der Waals surface area contributed by atoms with E-state index in [4.69, 9.17) is 4.74 Å². The second-order valence-corrected chi connectivity index (χ2v) is 8.23. The second-order valence-electron chi connectivity index (χ2n) is 8.23. The molecule has 0 bridgehead atoms. The molecule has 0 spiro atoms. The van der Waals surface area contributed by atoms with E-state index < -0.39 is 5.69 Å². The van der Waals surface area contributed by atoms with Crippen LogP contribution >= 0.6 is 0 Å². The van der Waals surface area contributed by atoms with Gasteiger partial charge in [0.25, 0.3) is 11.5 Å². The number of carbonyl (C=O) groups is 1. The first-order valence-electron chi connectivity index (χ1n) is 10.6. The highest BCUT2D eigenvalue weighted by molar-refractivity contribution is 5.97. The highest BCUT2D eigenvalue weighted by atomic mass is 16.5. The van der Waals surface area contributed by atoms with Crippen molar-refractivity contribution < 1.29 is 9.53 Å². The number of hydrogen-bond acceptors (Lipinski definition) is 4. The van der Waals surface area contributed by atoms with Crippen molar-refractivity contribution >= 4 is 16.8 Å². The Morgan fingerprint density at radius 1 is 1.16 bits per heavy atom. The third-order valence-corrected chi connectivity index (χ3v) is 6.02.